The van der Waals surface area contributed by atoms with Crippen molar-refractivity contribution < 1.29 is 64.0 Å². The van der Waals surface area contributed by atoms with Gasteiger partial charge in [0, 0.05) is 44.6 Å². The average molecular weight is 721 g/mol. The number of aliphatic hydroxyl groups excluding tert-OH is 4. The first-order valence-electron chi connectivity index (χ1n) is 16.9. The molecule has 4 unspecified atom stereocenters. The normalized spacial score (nSPS) is 24.0. The highest BCUT2D eigenvalue weighted by atomic mass is 16.6. The zero-order chi connectivity index (χ0) is 37.7. The van der Waals surface area contributed by atoms with Crippen LogP contribution in [0, 0.1) is 0 Å². The van der Waals surface area contributed by atoms with Crippen LogP contribution in [0.4, 0.5) is 0 Å². The summed E-state index contributed by atoms with van der Waals surface area (Å²) in [5, 5.41) is 55.0. The van der Waals surface area contributed by atoms with Crippen LogP contribution in [0.15, 0.2) is 54.6 Å². The van der Waals surface area contributed by atoms with E-state index in [2.05, 4.69) is 17.3 Å². The van der Waals surface area contributed by atoms with Crippen molar-refractivity contribution in [2.45, 2.75) is 93.8 Å². The Hall–Kier alpha value is -3.67. The molecule has 0 saturated carbocycles. The number of aliphatic hydroxyl groups is 4. The molecule has 3 aliphatic rings. The number of nitrogens with one attached hydrogen (secondary N) is 1. The summed E-state index contributed by atoms with van der Waals surface area (Å²) >= 11 is 0. The number of hydrogen-bond acceptors (Lipinski definition) is 13. The molecular formula is C36H52N2O13. The smallest absolute Gasteiger partial charge is 0.335 e. The molecule has 2 aromatic carbocycles. The Morgan fingerprint density at radius 1 is 0.922 bits per heavy atom. The third-order valence-electron chi connectivity index (χ3n) is 8.85. The Kier molecular flexibility index (Phi) is 16.7. The number of morpholine rings is 1. The van der Waals surface area contributed by atoms with Crippen molar-refractivity contribution in [3.8, 4) is 5.75 Å². The Balaban J connectivity index is 0.000000222. The molecule has 0 spiro atoms. The molecule has 9 atom stereocenters. The van der Waals surface area contributed by atoms with Gasteiger partial charge in [0.2, 0.25) is 0 Å². The van der Waals surface area contributed by atoms with E-state index < -0.39 is 36.2 Å². The van der Waals surface area contributed by atoms with Gasteiger partial charge in [-0.1, -0.05) is 56.3 Å². The number of piperidine rings is 1. The van der Waals surface area contributed by atoms with E-state index in [-0.39, 0.29) is 18.7 Å². The number of rotatable bonds is 16. The Morgan fingerprint density at radius 2 is 1.49 bits per heavy atom. The molecule has 51 heavy (non-hydrogen) atoms. The van der Waals surface area contributed by atoms with Crippen LogP contribution >= 0.6 is 0 Å². The minimum absolute atomic E-state index is 0.0622. The summed E-state index contributed by atoms with van der Waals surface area (Å²) in [6.07, 6.45) is -1.86. The summed E-state index contributed by atoms with van der Waals surface area (Å²) in [6.45, 7) is 5.44. The van der Waals surface area contributed by atoms with Gasteiger partial charge >= 0.3 is 17.9 Å². The van der Waals surface area contributed by atoms with Gasteiger partial charge in [-0.25, -0.2) is 9.59 Å². The molecule has 3 fully saturated rings. The number of fused-ring (bicyclic) bond motifs is 5. The third-order valence-corrected chi connectivity index (χ3v) is 8.85. The van der Waals surface area contributed by atoms with Crippen LogP contribution in [-0.2, 0) is 35.0 Å². The van der Waals surface area contributed by atoms with Crippen molar-refractivity contribution in [3.05, 3.63) is 65.7 Å². The summed E-state index contributed by atoms with van der Waals surface area (Å²) in [5.74, 6) is -3.67. The molecule has 0 aromatic heterocycles. The molecule has 2 bridgehead atoms. The first-order valence-corrected chi connectivity index (χ1v) is 16.9. The largest absolute Gasteiger partial charge is 0.491 e. The van der Waals surface area contributed by atoms with Gasteiger partial charge in [-0.3, -0.25) is 9.69 Å². The van der Waals surface area contributed by atoms with Gasteiger partial charge in [0.05, 0.1) is 13.2 Å². The Labute approximate surface area is 297 Å². The van der Waals surface area contributed by atoms with Gasteiger partial charge < -0.3 is 54.9 Å². The van der Waals surface area contributed by atoms with Crippen LogP contribution in [0.25, 0.3) is 0 Å². The van der Waals surface area contributed by atoms with Gasteiger partial charge in [0.25, 0.3) is 0 Å². The molecule has 5 rings (SSSR count). The number of aliphatic carboxylic acids is 2. The van der Waals surface area contributed by atoms with E-state index in [0.717, 1.165) is 37.2 Å². The second-order valence-corrected chi connectivity index (χ2v) is 13.0. The van der Waals surface area contributed by atoms with Gasteiger partial charge in [0.15, 0.2) is 12.2 Å². The van der Waals surface area contributed by atoms with Gasteiger partial charge in [-0.15, -0.1) is 0 Å². The summed E-state index contributed by atoms with van der Waals surface area (Å²) in [4.78, 5) is 34.3. The molecule has 0 aliphatic carbocycles. The van der Waals surface area contributed by atoms with E-state index in [1.165, 1.54) is 5.56 Å². The standard InChI is InChI=1S/C17H21NO4.C15H25NO3.C4H6O6/c1-18-13-7-11(8-14(18)16-15(13)22-16)21-17(20)12(9-19)10-5-3-2-4-6-10;1-12(2)16-10-14(17)11-19-15-6-4-13(5-7-15)8-9-18-3;5-1(3(7)8)2(6)4(9)10/h2-6,11-16,19H,7-9H2,1H3;4-7,12,14,16-17H,8-11H2,1-3H3;1-2,5-6H,(H,7,8)(H,9,10)/t11?,12-,13-,14+,15-,16+;;/m1../s1. The van der Waals surface area contributed by atoms with Crippen molar-refractivity contribution in [2.75, 3.05) is 40.5 Å². The molecule has 0 radical (unpaired) electrons. The van der Waals surface area contributed by atoms with Crippen molar-refractivity contribution in [2.24, 2.45) is 0 Å². The minimum atomic E-state index is -2.27. The number of carboxylic acid groups (broad SMARTS) is 2. The van der Waals surface area contributed by atoms with Crippen molar-refractivity contribution in [1.82, 2.24) is 10.2 Å². The molecule has 3 aliphatic heterocycles. The second kappa shape index (κ2) is 20.4. The van der Waals surface area contributed by atoms with Gasteiger partial charge in [-0.2, -0.15) is 0 Å². The van der Waals surface area contributed by atoms with E-state index in [4.69, 9.17) is 39.4 Å². The van der Waals surface area contributed by atoms with Crippen molar-refractivity contribution in [3.63, 3.8) is 0 Å². The van der Waals surface area contributed by atoms with E-state index in [1.807, 2.05) is 68.4 Å². The number of hydrogen-bond donors (Lipinski definition) is 7. The lowest BCUT2D eigenvalue weighted by Crippen LogP contribution is -2.48. The Bertz CT molecular complexity index is 1330. The SMILES string of the molecule is CN1[C@@H]2CC(OC(=O)[C@H](CO)c3ccccc3)C[C@H]1[C@@H]1O[C@@H]12.COCCc1ccc(OCC(O)CNC(C)C)cc1.O=C(O)C(O)C(O)C(=O)O. The number of esters is 1. The zero-order valence-corrected chi connectivity index (χ0v) is 29.4. The fraction of sp³-hybridized carbons (Fsp3) is 0.583. The minimum Gasteiger partial charge on any atom is -0.491 e. The van der Waals surface area contributed by atoms with Crippen LogP contribution < -0.4 is 10.1 Å². The van der Waals surface area contributed by atoms with E-state index in [0.29, 0.717) is 43.5 Å². The molecule has 284 valence electrons. The third kappa shape index (κ3) is 12.8. The predicted octanol–water partition coefficient (Wildman–Crippen LogP) is 0.409. The molecule has 15 heteroatoms. The number of methoxy groups -OCH3 is 1. The summed E-state index contributed by atoms with van der Waals surface area (Å²) < 4.78 is 21.9. The second-order valence-electron chi connectivity index (χ2n) is 13.0. The van der Waals surface area contributed by atoms with Crippen LogP contribution in [0.1, 0.15) is 43.7 Å². The highest BCUT2D eigenvalue weighted by Crippen LogP contribution is 2.48. The number of carboxylic acids is 2. The molecule has 0 amide bonds. The van der Waals surface area contributed by atoms with Gasteiger partial charge in [0.1, 0.15) is 42.7 Å². The number of ether oxygens (including phenoxy) is 4. The number of nitrogens with zero attached hydrogens (tertiary/aromatic N) is 1. The fourth-order valence-electron chi connectivity index (χ4n) is 5.91. The summed E-state index contributed by atoms with van der Waals surface area (Å²) in [6, 6.07) is 18.3. The summed E-state index contributed by atoms with van der Waals surface area (Å²) in [5.41, 5.74) is 2.02. The average Bonchev–Trinajstić information content (AvgIpc) is 3.88. The predicted molar refractivity (Wildman–Crippen MR) is 183 cm³/mol. The van der Waals surface area contributed by atoms with Crippen LogP contribution in [0.2, 0.25) is 0 Å². The number of carbonyl (C=O) groups excluding carboxylic acids is 1. The highest BCUT2D eigenvalue weighted by Gasteiger charge is 2.62. The lowest BCUT2D eigenvalue weighted by atomic mass is 9.97. The lowest BCUT2D eigenvalue weighted by molar-refractivity contribution is -0.165. The first-order chi connectivity index (χ1) is 24.3. The summed E-state index contributed by atoms with van der Waals surface area (Å²) in [7, 11) is 3.83. The quantitative estimate of drug-likeness (QED) is 0.0921. The van der Waals surface area contributed by atoms with Crippen molar-refractivity contribution in [1.29, 1.82) is 0 Å². The first kappa shape index (κ1) is 41.7. The zero-order valence-electron chi connectivity index (χ0n) is 29.4. The molecule has 15 nitrogen and oxygen atoms in total. The maximum absolute atomic E-state index is 12.4. The monoisotopic (exact) mass is 720 g/mol. The maximum atomic E-state index is 12.4. The van der Waals surface area contributed by atoms with Crippen molar-refractivity contribution >= 4 is 17.9 Å². The number of benzene rings is 2. The fourth-order valence-corrected chi connectivity index (χ4v) is 5.91. The van der Waals surface area contributed by atoms with E-state index >= 15 is 0 Å². The molecule has 3 heterocycles. The van der Waals surface area contributed by atoms with E-state index in [9.17, 15) is 24.6 Å². The number of epoxide rings is 1. The number of likely N-dealkylation sites (N-methyl/N-ethyl adjacent to an activating group) is 1. The van der Waals surface area contributed by atoms with Crippen LogP contribution in [-0.4, -0.2) is 149 Å². The maximum Gasteiger partial charge on any atom is 0.335 e. The Morgan fingerprint density at radius 3 is 1.98 bits per heavy atom. The highest BCUT2D eigenvalue weighted by molar-refractivity contribution is 5.83. The van der Waals surface area contributed by atoms with Gasteiger partial charge in [-0.05, 0) is 36.7 Å². The number of carbonyl (C=O) groups is 3. The molecule has 2 aromatic rings. The topological polar surface area (TPSA) is 228 Å². The molecule has 7 N–H and O–H groups in total. The molecular weight excluding hydrogens is 668 g/mol. The van der Waals surface area contributed by atoms with Crippen LogP contribution in [0.5, 0.6) is 5.75 Å². The molecule has 3 saturated heterocycles. The lowest BCUT2D eigenvalue weighted by Gasteiger charge is -2.38. The van der Waals surface area contributed by atoms with Crippen LogP contribution in [0.3, 0.4) is 0 Å². The van der Waals surface area contributed by atoms with E-state index in [1.54, 1.807) is 7.11 Å².